The number of carbonyl (C=O) groups excluding carboxylic acids is 3. The van der Waals surface area contributed by atoms with Gasteiger partial charge in [0.25, 0.3) is 8.32 Å². The minimum Gasteiger partial charge on any atom is -0.543 e. The molecule has 1 atom stereocenters. The highest BCUT2D eigenvalue weighted by Gasteiger charge is 2.39. The van der Waals surface area contributed by atoms with Crippen molar-refractivity contribution in [2.75, 3.05) is 13.2 Å². The Hall–Kier alpha value is -2.59. The van der Waals surface area contributed by atoms with Crippen molar-refractivity contribution in [2.45, 2.75) is 104 Å². The maximum atomic E-state index is 12.8. The van der Waals surface area contributed by atoms with E-state index in [0.29, 0.717) is 18.4 Å². The van der Waals surface area contributed by atoms with E-state index in [2.05, 4.69) is 61.7 Å². The Morgan fingerprint density at radius 3 is 2.27 bits per heavy atom. The number of benzene rings is 1. The number of rotatable bonds is 14. The minimum atomic E-state index is -2.07. The first-order valence-corrected chi connectivity index (χ1v) is 17.6. The Balaban J connectivity index is 2.90. The zero-order valence-electron chi connectivity index (χ0n) is 26.1. The zero-order chi connectivity index (χ0) is 31.4. The molecule has 0 aliphatic heterocycles. The minimum absolute atomic E-state index is 0.0284. The molecular weight excluding hydrogens is 606 g/mol. The van der Waals surface area contributed by atoms with Crippen LogP contribution in [-0.4, -0.2) is 45.2 Å². The molecule has 0 radical (unpaired) electrons. The molecule has 1 aromatic rings. The molecule has 41 heavy (non-hydrogen) atoms. The molecule has 0 spiro atoms. The predicted octanol–water partition coefficient (Wildman–Crippen LogP) is 8.18. The van der Waals surface area contributed by atoms with Crippen molar-refractivity contribution in [3.8, 4) is 5.75 Å². The number of ether oxygens (including phenoxy) is 3. The van der Waals surface area contributed by atoms with Gasteiger partial charge in [-0.05, 0) is 92.3 Å². The number of hydrogen-bond acceptors (Lipinski definition) is 7. The van der Waals surface area contributed by atoms with Crippen LogP contribution < -0.4 is 9.74 Å². The van der Waals surface area contributed by atoms with Crippen LogP contribution in [0.3, 0.4) is 0 Å². The second-order valence-corrected chi connectivity index (χ2v) is 18.1. The van der Waals surface area contributed by atoms with Gasteiger partial charge in [0.2, 0.25) is 0 Å². The Labute approximate surface area is 255 Å². The van der Waals surface area contributed by atoms with Crippen LogP contribution in [0.5, 0.6) is 5.75 Å². The van der Waals surface area contributed by atoms with Gasteiger partial charge >= 0.3 is 18.0 Å². The van der Waals surface area contributed by atoms with E-state index in [1.807, 2.05) is 31.2 Å². The second kappa shape index (κ2) is 16.2. The summed E-state index contributed by atoms with van der Waals surface area (Å²) in [6, 6.07) is 4.88. The van der Waals surface area contributed by atoms with Crippen molar-refractivity contribution in [3.05, 3.63) is 52.5 Å². The van der Waals surface area contributed by atoms with E-state index < -0.39 is 32.0 Å². The third-order valence-electron chi connectivity index (χ3n) is 6.55. The molecule has 0 saturated carbocycles. The van der Waals surface area contributed by atoms with Crippen molar-refractivity contribution >= 4 is 42.3 Å². The lowest BCUT2D eigenvalue weighted by molar-refractivity contribution is -0.144. The maximum absolute atomic E-state index is 12.8. The van der Waals surface area contributed by atoms with Crippen LogP contribution in [0.25, 0.3) is 0 Å². The molecule has 1 rings (SSSR count). The fraction of sp³-hybridized carbons (Fsp3) is 0.581. The maximum Gasteiger partial charge on any atom is 0.408 e. The van der Waals surface area contributed by atoms with Crippen LogP contribution in [0, 0.1) is 0 Å². The quantitative estimate of drug-likeness (QED) is 0.0710. The molecule has 1 amide bonds. The Morgan fingerprint density at radius 1 is 1.05 bits per heavy atom. The number of allylic oxidation sites excluding steroid dienone is 1. The monoisotopic (exact) mass is 653 g/mol. The third-order valence-corrected chi connectivity index (χ3v) is 11.5. The summed E-state index contributed by atoms with van der Waals surface area (Å²) < 4.78 is 23.0. The first-order chi connectivity index (χ1) is 18.8. The number of amides is 1. The van der Waals surface area contributed by atoms with Crippen molar-refractivity contribution < 1.29 is 33.0 Å². The summed E-state index contributed by atoms with van der Waals surface area (Å²) in [7, 11) is -2.07. The molecule has 0 heterocycles. The fourth-order valence-corrected chi connectivity index (χ4v) is 4.94. The first-order valence-electron chi connectivity index (χ1n) is 13.9. The summed E-state index contributed by atoms with van der Waals surface area (Å²) >= 11 is 3.61. The van der Waals surface area contributed by atoms with Gasteiger partial charge in [0.1, 0.15) is 18.0 Å². The summed E-state index contributed by atoms with van der Waals surface area (Å²) in [4.78, 5) is 37.0. The van der Waals surface area contributed by atoms with Crippen LogP contribution >= 0.6 is 15.9 Å². The number of carbonyl (C=O) groups is 3. The molecule has 1 aromatic carbocycles. The molecule has 8 nitrogen and oxygen atoms in total. The van der Waals surface area contributed by atoms with E-state index in [0.717, 1.165) is 15.8 Å². The van der Waals surface area contributed by atoms with E-state index in [4.69, 9.17) is 18.6 Å². The third kappa shape index (κ3) is 14.2. The lowest BCUT2D eigenvalue weighted by atomic mass is 10.0. The fourth-order valence-electron chi connectivity index (χ4n) is 3.28. The average Bonchev–Trinajstić information content (AvgIpc) is 2.83. The van der Waals surface area contributed by atoms with Crippen molar-refractivity contribution in [1.29, 1.82) is 0 Å². The van der Waals surface area contributed by atoms with Gasteiger partial charge in [0, 0.05) is 6.42 Å². The normalized spacial score (nSPS) is 13.2. The van der Waals surface area contributed by atoms with Crippen molar-refractivity contribution in [1.82, 2.24) is 5.32 Å². The Morgan fingerprint density at radius 2 is 1.71 bits per heavy atom. The van der Waals surface area contributed by atoms with Gasteiger partial charge in [-0.25, -0.2) is 4.79 Å². The largest absolute Gasteiger partial charge is 0.543 e. The highest BCUT2D eigenvalue weighted by Crippen LogP contribution is 2.40. The number of nitrogens with one attached hydrogen (secondary N) is 1. The van der Waals surface area contributed by atoms with E-state index in [-0.39, 0.29) is 37.1 Å². The molecule has 230 valence electrons. The van der Waals surface area contributed by atoms with Gasteiger partial charge in [-0.2, -0.15) is 0 Å². The number of alkyl carbamates (subject to hydrolysis) is 1. The van der Waals surface area contributed by atoms with Crippen LogP contribution in [0.4, 0.5) is 4.79 Å². The zero-order valence-corrected chi connectivity index (χ0v) is 28.7. The van der Waals surface area contributed by atoms with Gasteiger partial charge in [0.15, 0.2) is 0 Å². The van der Waals surface area contributed by atoms with Crippen LogP contribution in [-0.2, 0) is 23.8 Å². The Bertz CT molecular complexity index is 1090. The number of esters is 2. The summed E-state index contributed by atoms with van der Waals surface area (Å²) in [6.07, 6.45) is 4.11. The van der Waals surface area contributed by atoms with Crippen LogP contribution in [0.15, 0.2) is 47.0 Å². The predicted molar refractivity (Wildman–Crippen MR) is 168 cm³/mol. The van der Waals surface area contributed by atoms with E-state index >= 15 is 0 Å². The van der Waals surface area contributed by atoms with E-state index in [1.54, 1.807) is 20.8 Å². The van der Waals surface area contributed by atoms with Gasteiger partial charge in [-0.1, -0.05) is 51.1 Å². The highest BCUT2D eigenvalue weighted by atomic mass is 79.9. The van der Waals surface area contributed by atoms with Gasteiger partial charge in [-0.15, -0.1) is 0 Å². The second-order valence-electron chi connectivity index (χ2n) is 12.5. The molecule has 0 aliphatic rings. The summed E-state index contributed by atoms with van der Waals surface area (Å²) in [5.41, 5.74) is 1.02. The molecule has 0 aromatic heterocycles. The lowest BCUT2D eigenvalue weighted by Crippen LogP contribution is -2.44. The molecule has 10 heteroatoms. The summed E-state index contributed by atoms with van der Waals surface area (Å²) in [5, 5.41) is 2.84. The SMILES string of the molecule is C=CCOC(=O)CCC(C)=CCCOC(=O)CC(NC(=O)OC(C)(C)C)c1ccc(O[Si](C)(C)C(C)(C)C)c(Br)c1. The van der Waals surface area contributed by atoms with Crippen molar-refractivity contribution in [2.24, 2.45) is 0 Å². The first kappa shape index (κ1) is 36.4. The van der Waals surface area contributed by atoms with Gasteiger partial charge in [-0.3, -0.25) is 9.59 Å². The number of hydrogen-bond donors (Lipinski definition) is 1. The highest BCUT2D eigenvalue weighted by molar-refractivity contribution is 9.10. The molecule has 0 bridgehead atoms. The van der Waals surface area contributed by atoms with Gasteiger partial charge in [0.05, 0.1) is 23.5 Å². The molecular formula is C31H48BrNO7Si. The summed E-state index contributed by atoms with van der Waals surface area (Å²) in [6.45, 7) is 22.0. The molecule has 0 saturated heterocycles. The molecule has 1 unspecified atom stereocenters. The van der Waals surface area contributed by atoms with Crippen LogP contribution in [0.2, 0.25) is 18.1 Å². The standard InChI is InChI=1S/C31H48BrNO7Si/c1-11-18-37-27(34)17-14-22(2)13-12-19-38-28(35)21-25(33-29(36)39-30(3,4)5)23-15-16-26(24(32)20-23)40-41(9,10)31(6,7)8/h11,13,15-16,20,25H,1,12,14,17-19,21H2,2-10H3,(H,33,36). The Kier molecular flexibility index (Phi) is 14.4. The van der Waals surface area contributed by atoms with Gasteiger partial charge < -0.3 is 24.0 Å². The number of halogens is 1. The molecule has 1 N–H and O–H groups in total. The molecule has 0 aliphatic carbocycles. The van der Waals surface area contributed by atoms with Crippen molar-refractivity contribution in [3.63, 3.8) is 0 Å². The summed E-state index contributed by atoms with van der Waals surface area (Å²) in [5.74, 6) is -0.0169. The van der Waals surface area contributed by atoms with E-state index in [9.17, 15) is 14.4 Å². The lowest BCUT2D eigenvalue weighted by Gasteiger charge is -2.36. The smallest absolute Gasteiger partial charge is 0.408 e. The van der Waals surface area contributed by atoms with E-state index in [1.165, 1.54) is 6.08 Å². The average molecular weight is 655 g/mol. The topological polar surface area (TPSA) is 100 Å². The van der Waals surface area contributed by atoms with Crippen LogP contribution in [0.1, 0.15) is 85.8 Å². The molecule has 0 fully saturated rings.